The Balaban J connectivity index is 0.00000280. The van der Waals surface area contributed by atoms with Crippen molar-refractivity contribution in [3.05, 3.63) is 64.7 Å². The second-order valence-corrected chi connectivity index (χ2v) is 6.80. The Hall–Kier alpha value is -2.00. The molecule has 1 aliphatic heterocycles. The van der Waals surface area contributed by atoms with E-state index in [1.807, 2.05) is 30.3 Å². The number of amides is 1. The van der Waals surface area contributed by atoms with Gasteiger partial charge in [-0.15, -0.1) is 24.0 Å². The number of carbonyl (C=O) groups is 1. The van der Waals surface area contributed by atoms with Crippen LogP contribution in [0.3, 0.4) is 0 Å². The number of anilines is 1. The SMILES string of the molecule is CN=C(NCc1cccc(C(N)=O)c1)N1CCN(c2ccccc2Cl)CC1.I. The first-order chi connectivity index (χ1) is 13.1. The largest absolute Gasteiger partial charge is 0.367 e. The van der Waals surface area contributed by atoms with E-state index in [-0.39, 0.29) is 24.0 Å². The molecular weight excluding hydrogens is 489 g/mol. The van der Waals surface area contributed by atoms with Crippen molar-refractivity contribution in [3.8, 4) is 0 Å². The lowest BCUT2D eigenvalue weighted by Crippen LogP contribution is -2.52. The Morgan fingerprint density at radius 2 is 1.86 bits per heavy atom. The average Bonchev–Trinajstić information content (AvgIpc) is 2.69. The summed E-state index contributed by atoms with van der Waals surface area (Å²) >= 11 is 6.31. The molecule has 0 bridgehead atoms. The highest BCUT2D eigenvalue weighted by atomic mass is 127. The second-order valence-electron chi connectivity index (χ2n) is 6.39. The number of para-hydroxylation sites is 1. The highest BCUT2D eigenvalue weighted by Crippen LogP contribution is 2.26. The number of nitrogens with two attached hydrogens (primary N) is 1. The van der Waals surface area contributed by atoms with Gasteiger partial charge in [0.2, 0.25) is 5.91 Å². The van der Waals surface area contributed by atoms with Gasteiger partial charge in [0.05, 0.1) is 10.7 Å². The van der Waals surface area contributed by atoms with Crippen LogP contribution in [0.15, 0.2) is 53.5 Å². The van der Waals surface area contributed by atoms with Gasteiger partial charge in [-0.2, -0.15) is 0 Å². The molecule has 0 aromatic heterocycles. The molecule has 3 rings (SSSR count). The third-order valence-electron chi connectivity index (χ3n) is 4.65. The van der Waals surface area contributed by atoms with Crippen molar-refractivity contribution < 1.29 is 4.79 Å². The van der Waals surface area contributed by atoms with Gasteiger partial charge in [-0.1, -0.05) is 35.9 Å². The number of carbonyl (C=O) groups excluding carboxylic acids is 1. The molecule has 0 aliphatic carbocycles. The molecule has 1 aliphatic rings. The molecule has 150 valence electrons. The number of nitrogens with one attached hydrogen (secondary N) is 1. The van der Waals surface area contributed by atoms with Crippen LogP contribution in [0, 0.1) is 0 Å². The molecular formula is C20H25ClIN5O. The van der Waals surface area contributed by atoms with Crippen LogP contribution in [0.1, 0.15) is 15.9 Å². The zero-order valence-electron chi connectivity index (χ0n) is 15.8. The fourth-order valence-corrected chi connectivity index (χ4v) is 3.47. The molecule has 0 saturated carbocycles. The first-order valence-corrected chi connectivity index (χ1v) is 9.30. The highest BCUT2D eigenvalue weighted by molar-refractivity contribution is 14.0. The van der Waals surface area contributed by atoms with E-state index in [4.69, 9.17) is 17.3 Å². The van der Waals surface area contributed by atoms with Gasteiger partial charge >= 0.3 is 0 Å². The number of halogens is 2. The molecule has 3 N–H and O–H groups in total. The summed E-state index contributed by atoms with van der Waals surface area (Å²) in [6.45, 7) is 4.04. The van der Waals surface area contributed by atoms with Crippen LogP contribution >= 0.6 is 35.6 Å². The minimum absolute atomic E-state index is 0. The number of rotatable bonds is 4. The molecule has 1 fully saturated rings. The molecule has 6 nitrogen and oxygen atoms in total. The van der Waals surface area contributed by atoms with E-state index in [1.54, 1.807) is 19.2 Å². The summed E-state index contributed by atoms with van der Waals surface area (Å²) in [6, 6.07) is 15.2. The molecule has 0 unspecified atom stereocenters. The van der Waals surface area contributed by atoms with Crippen LogP contribution < -0.4 is 16.0 Å². The van der Waals surface area contributed by atoms with E-state index in [1.165, 1.54) is 0 Å². The molecule has 2 aromatic rings. The van der Waals surface area contributed by atoms with Crippen molar-refractivity contribution in [2.45, 2.75) is 6.54 Å². The predicted octanol–water partition coefficient (Wildman–Crippen LogP) is 2.95. The number of piperazine rings is 1. The summed E-state index contributed by atoms with van der Waals surface area (Å²) in [7, 11) is 1.78. The minimum atomic E-state index is -0.420. The van der Waals surface area contributed by atoms with Gasteiger partial charge in [0, 0.05) is 45.3 Å². The van der Waals surface area contributed by atoms with Crippen molar-refractivity contribution in [1.82, 2.24) is 10.2 Å². The van der Waals surface area contributed by atoms with Gasteiger partial charge in [-0.25, -0.2) is 0 Å². The van der Waals surface area contributed by atoms with Crippen LogP contribution in [0.4, 0.5) is 5.69 Å². The maximum absolute atomic E-state index is 11.3. The number of primary amides is 1. The Labute approximate surface area is 187 Å². The maximum atomic E-state index is 11.3. The molecule has 0 spiro atoms. The molecule has 2 aromatic carbocycles. The lowest BCUT2D eigenvalue weighted by Gasteiger charge is -2.38. The van der Waals surface area contributed by atoms with Crippen LogP contribution in [0.25, 0.3) is 0 Å². The number of benzene rings is 2. The third kappa shape index (κ3) is 5.51. The second kappa shape index (κ2) is 10.5. The molecule has 0 radical (unpaired) electrons. The fraction of sp³-hybridized carbons (Fsp3) is 0.300. The van der Waals surface area contributed by atoms with E-state index in [2.05, 4.69) is 26.2 Å². The first kappa shape index (κ1) is 22.3. The number of hydrogen-bond acceptors (Lipinski definition) is 3. The lowest BCUT2D eigenvalue weighted by atomic mass is 10.1. The molecule has 28 heavy (non-hydrogen) atoms. The number of guanidine groups is 1. The molecule has 1 amide bonds. The van der Waals surface area contributed by atoms with Crippen LogP contribution in [0.2, 0.25) is 5.02 Å². The quantitative estimate of drug-likeness (QED) is 0.375. The summed E-state index contributed by atoms with van der Waals surface area (Å²) in [5.41, 5.74) is 7.92. The predicted molar refractivity (Wildman–Crippen MR) is 126 cm³/mol. The van der Waals surface area contributed by atoms with Gasteiger partial charge in [0.15, 0.2) is 5.96 Å². The Morgan fingerprint density at radius 3 is 2.50 bits per heavy atom. The molecule has 8 heteroatoms. The number of aliphatic imine (C=N–C) groups is 1. The standard InChI is InChI=1S/C20H24ClN5O.HI/c1-23-20(24-14-15-5-4-6-16(13-15)19(22)27)26-11-9-25(10-12-26)18-8-3-2-7-17(18)21;/h2-8,13H,9-12,14H2,1H3,(H2,22,27)(H,23,24);1H. The van der Waals surface area contributed by atoms with Crippen molar-refractivity contribution in [2.75, 3.05) is 38.1 Å². The summed E-state index contributed by atoms with van der Waals surface area (Å²) in [5, 5.41) is 4.15. The van der Waals surface area contributed by atoms with Gasteiger partial charge in [0.25, 0.3) is 0 Å². The Kier molecular flexibility index (Phi) is 8.37. The van der Waals surface area contributed by atoms with E-state index in [9.17, 15) is 4.79 Å². The van der Waals surface area contributed by atoms with E-state index < -0.39 is 5.91 Å². The van der Waals surface area contributed by atoms with Gasteiger partial charge in [0.1, 0.15) is 0 Å². The maximum Gasteiger partial charge on any atom is 0.248 e. The van der Waals surface area contributed by atoms with Crippen molar-refractivity contribution >= 4 is 53.1 Å². The number of hydrogen-bond donors (Lipinski definition) is 2. The summed E-state index contributed by atoms with van der Waals surface area (Å²) in [6.07, 6.45) is 0. The minimum Gasteiger partial charge on any atom is -0.367 e. The summed E-state index contributed by atoms with van der Waals surface area (Å²) in [5.74, 6) is 0.426. The summed E-state index contributed by atoms with van der Waals surface area (Å²) < 4.78 is 0. The highest BCUT2D eigenvalue weighted by Gasteiger charge is 2.21. The van der Waals surface area contributed by atoms with E-state index in [0.717, 1.165) is 48.4 Å². The normalized spacial score (nSPS) is 14.4. The van der Waals surface area contributed by atoms with E-state index >= 15 is 0 Å². The topological polar surface area (TPSA) is 74.0 Å². The fourth-order valence-electron chi connectivity index (χ4n) is 3.22. The van der Waals surface area contributed by atoms with Crippen LogP contribution in [-0.4, -0.2) is 50.0 Å². The van der Waals surface area contributed by atoms with Gasteiger partial charge < -0.3 is 20.9 Å². The number of nitrogens with zero attached hydrogens (tertiary/aromatic N) is 3. The average molecular weight is 514 g/mol. The molecule has 1 heterocycles. The van der Waals surface area contributed by atoms with E-state index in [0.29, 0.717) is 12.1 Å². The monoisotopic (exact) mass is 513 g/mol. The van der Waals surface area contributed by atoms with Gasteiger partial charge in [-0.05, 0) is 29.8 Å². The Bertz CT molecular complexity index is 837. The van der Waals surface area contributed by atoms with Crippen LogP contribution in [0.5, 0.6) is 0 Å². The zero-order valence-corrected chi connectivity index (χ0v) is 18.9. The first-order valence-electron chi connectivity index (χ1n) is 8.92. The lowest BCUT2D eigenvalue weighted by molar-refractivity contribution is 0.1000. The summed E-state index contributed by atoms with van der Waals surface area (Å²) in [4.78, 5) is 20.2. The zero-order chi connectivity index (χ0) is 19.2. The van der Waals surface area contributed by atoms with Crippen molar-refractivity contribution in [2.24, 2.45) is 10.7 Å². The Morgan fingerprint density at radius 1 is 1.14 bits per heavy atom. The molecule has 0 atom stereocenters. The van der Waals surface area contributed by atoms with Crippen molar-refractivity contribution in [1.29, 1.82) is 0 Å². The van der Waals surface area contributed by atoms with Crippen LogP contribution in [-0.2, 0) is 6.54 Å². The van der Waals surface area contributed by atoms with Crippen molar-refractivity contribution in [3.63, 3.8) is 0 Å². The van der Waals surface area contributed by atoms with Gasteiger partial charge in [-0.3, -0.25) is 9.79 Å². The molecule has 1 saturated heterocycles. The third-order valence-corrected chi connectivity index (χ3v) is 4.97. The smallest absolute Gasteiger partial charge is 0.248 e.